The van der Waals surface area contributed by atoms with Gasteiger partial charge in [-0.1, -0.05) is 30.3 Å². The number of pyridine rings is 1. The number of rotatable bonds is 6. The summed E-state index contributed by atoms with van der Waals surface area (Å²) in [6.45, 7) is 2.09. The molecule has 0 saturated carbocycles. The Balaban J connectivity index is 1.79. The van der Waals surface area contributed by atoms with Gasteiger partial charge < -0.3 is 19.4 Å². The van der Waals surface area contributed by atoms with Gasteiger partial charge in [0.2, 0.25) is 0 Å². The van der Waals surface area contributed by atoms with Gasteiger partial charge in [0.05, 0.1) is 20.8 Å². The number of nitrogens with zero attached hydrogens (tertiary/aromatic N) is 1. The lowest BCUT2D eigenvalue weighted by Crippen LogP contribution is -2.33. The monoisotopic (exact) mass is 428 g/mol. The lowest BCUT2D eigenvalue weighted by Gasteiger charge is -2.24. The lowest BCUT2D eigenvalue weighted by molar-refractivity contribution is 0.0984. The van der Waals surface area contributed by atoms with E-state index in [-0.39, 0.29) is 18.0 Å². The van der Waals surface area contributed by atoms with Gasteiger partial charge in [0.15, 0.2) is 11.5 Å². The number of nitrogens with one attached hydrogen (secondary N) is 1. The molecule has 0 aliphatic carbocycles. The van der Waals surface area contributed by atoms with E-state index in [1.54, 1.807) is 30.2 Å². The second-order valence-electron chi connectivity index (χ2n) is 7.51. The molecule has 1 amide bonds. The van der Waals surface area contributed by atoms with Crippen molar-refractivity contribution in [2.75, 3.05) is 19.1 Å². The van der Waals surface area contributed by atoms with Crippen LogP contribution in [0.5, 0.6) is 11.5 Å². The number of carbonyl (C=O) groups excluding carboxylic acids is 1. The minimum Gasteiger partial charge on any atom is -0.493 e. The molecule has 0 radical (unpaired) electrons. The Kier molecular flexibility index (Phi) is 5.94. The van der Waals surface area contributed by atoms with Crippen molar-refractivity contribution >= 4 is 22.5 Å². The summed E-state index contributed by atoms with van der Waals surface area (Å²) in [7, 11) is 3.07. The van der Waals surface area contributed by atoms with E-state index in [9.17, 15) is 9.59 Å². The Morgan fingerprint density at radius 1 is 0.906 bits per heavy atom. The van der Waals surface area contributed by atoms with Gasteiger partial charge in [-0.2, -0.15) is 0 Å². The zero-order valence-corrected chi connectivity index (χ0v) is 18.2. The van der Waals surface area contributed by atoms with E-state index in [4.69, 9.17) is 9.47 Å². The average Bonchev–Trinajstić information content (AvgIpc) is 2.81. The maximum atomic E-state index is 13.6. The van der Waals surface area contributed by atoms with Gasteiger partial charge in [0, 0.05) is 22.3 Å². The Morgan fingerprint density at radius 3 is 2.44 bits per heavy atom. The van der Waals surface area contributed by atoms with E-state index in [0.29, 0.717) is 28.3 Å². The Labute approximate surface area is 186 Å². The molecule has 162 valence electrons. The van der Waals surface area contributed by atoms with Crippen molar-refractivity contribution < 1.29 is 14.3 Å². The van der Waals surface area contributed by atoms with Crippen LogP contribution in [0.15, 0.2) is 77.6 Å². The highest BCUT2D eigenvalue weighted by Crippen LogP contribution is 2.29. The van der Waals surface area contributed by atoms with Crippen molar-refractivity contribution in [1.82, 2.24) is 4.98 Å². The van der Waals surface area contributed by atoms with E-state index in [2.05, 4.69) is 4.98 Å². The van der Waals surface area contributed by atoms with Gasteiger partial charge in [-0.15, -0.1) is 0 Å². The van der Waals surface area contributed by atoms with Crippen LogP contribution in [-0.4, -0.2) is 25.1 Å². The van der Waals surface area contributed by atoms with Crippen molar-refractivity contribution in [2.24, 2.45) is 0 Å². The second kappa shape index (κ2) is 8.98. The molecule has 6 heteroatoms. The van der Waals surface area contributed by atoms with Crippen LogP contribution in [0.25, 0.3) is 10.9 Å². The van der Waals surface area contributed by atoms with Gasteiger partial charge >= 0.3 is 0 Å². The van der Waals surface area contributed by atoms with Crippen LogP contribution in [0.2, 0.25) is 0 Å². The molecular weight excluding hydrogens is 404 g/mol. The first-order valence-corrected chi connectivity index (χ1v) is 10.2. The maximum absolute atomic E-state index is 13.6. The molecule has 0 unspecified atom stereocenters. The number of anilines is 1. The quantitative estimate of drug-likeness (QED) is 0.483. The molecule has 0 bridgehead atoms. The standard InChI is InChI=1S/C26H24N2O4/c1-17-7-6-9-21(13-17)28(26(30)19-11-12-23(31-2)24(15-19)32-3)16-20-14-18-8-4-5-10-22(18)27-25(20)29/h4-15H,16H2,1-3H3,(H,27,29). The van der Waals surface area contributed by atoms with Gasteiger partial charge in [-0.3, -0.25) is 9.59 Å². The van der Waals surface area contributed by atoms with Crippen LogP contribution in [-0.2, 0) is 6.54 Å². The van der Waals surface area contributed by atoms with E-state index in [1.807, 2.05) is 61.5 Å². The highest BCUT2D eigenvalue weighted by atomic mass is 16.5. The van der Waals surface area contributed by atoms with Crippen molar-refractivity contribution in [3.05, 3.63) is 99.8 Å². The number of hydrogen-bond donors (Lipinski definition) is 1. The molecule has 1 heterocycles. The van der Waals surface area contributed by atoms with Crippen molar-refractivity contribution in [3.63, 3.8) is 0 Å². The van der Waals surface area contributed by atoms with E-state index < -0.39 is 0 Å². The van der Waals surface area contributed by atoms with Gasteiger partial charge in [0.1, 0.15) is 0 Å². The Hall–Kier alpha value is -4.06. The maximum Gasteiger partial charge on any atom is 0.258 e. The summed E-state index contributed by atoms with van der Waals surface area (Å²) in [5, 5.41) is 0.907. The van der Waals surface area contributed by atoms with Crippen LogP contribution < -0.4 is 19.9 Å². The summed E-state index contributed by atoms with van der Waals surface area (Å²) in [6, 6.07) is 22.1. The number of ether oxygens (including phenoxy) is 2. The molecule has 0 spiro atoms. The highest BCUT2D eigenvalue weighted by Gasteiger charge is 2.21. The number of H-pyrrole nitrogens is 1. The molecule has 3 aromatic carbocycles. The molecule has 0 saturated heterocycles. The number of methoxy groups -OCH3 is 2. The number of aryl methyl sites for hydroxylation is 1. The zero-order chi connectivity index (χ0) is 22.7. The molecule has 4 aromatic rings. The first kappa shape index (κ1) is 21.2. The summed E-state index contributed by atoms with van der Waals surface area (Å²) in [4.78, 5) is 30.9. The van der Waals surface area contributed by atoms with E-state index in [1.165, 1.54) is 7.11 Å². The van der Waals surface area contributed by atoms with Gasteiger partial charge in [-0.05, 0) is 60.3 Å². The summed E-state index contributed by atoms with van der Waals surface area (Å²) in [6.07, 6.45) is 0. The number of carbonyl (C=O) groups is 1. The predicted octanol–water partition coefficient (Wildman–Crippen LogP) is 4.70. The average molecular weight is 428 g/mol. The highest BCUT2D eigenvalue weighted by molar-refractivity contribution is 6.06. The van der Waals surface area contributed by atoms with Crippen LogP contribution in [0.4, 0.5) is 5.69 Å². The minimum atomic E-state index is -0.246. The van der Waals surface area contributed by atoms with Crippen molar-refractivity contribution in [2.45, 2.75) is 13.5 Å². The van der Waals surface area contributed by atoms with Gasteiger partial charge in [0.25, 0.3) is 11.5 Å². The predicted molar refractivity (Wildman–Crippen MR) is 126 cm³/mol. The van der Waals surface area contributed by atoms with Gasteiger partial charge in [-0.25, -0.2) is 0 Å². The molecule has 32 heavy (non-hydrogen) atoms. The minimum absolute atomic E-state index is 0.122. The molecule has 0 fully saturated rings. The molecule has 4 rings (SSSR count). The normalized spacial score (nSPS) is 10.7. The second-order valence-corrected chi connectivity index (χ2v) is 7.51. The van der Waals surface area contributed by atoms with Crippen LogP contribution in [0.1, 0.15) is 21.5 Å². The smallest absolute Gasteiger partial charge is 0.258 e. The fourth-order valence-electron chi connectivity index (χ4n) is 3.68. The number of benzene rings is 3. The number of para-hydroxylation sites is 1. The molecule has 6 nitrogen and oxygen atoms in total. The van der Waals surface area contributed by atoms with E-state index in [0.717, 1.165) is 16.5 Å². The third-order valence-electron chi connectivity index (χ3n) is 5.35. The van der Waals surface area contributed by atoms with Crippen molar-refractivity contribution in [3.8, 4) is 11.5 Å². The lowest BCUT2D eigenvalue weighted by atomic mass is 10.1. The van der Waals surface area contributed by atoms with Crippen molar-refractivity contribution in [1.29, 1.82) is 0 Å². The molecule has 1 N–H and O–H groups in total. The fourth-order valence-corrected chi connectivity index (χ4v) is 3.68. The third kappa shape index (κ3) is 4.21. The number of hydrogen-bond acceptors (Lipinski definition) is 4. The fraction of sp³-hybridized carbons (Fsp3) is 0.154. The van der Waals surface area contributed by atoms with Crippen LogP contribution in [0, 0.1) is 6.92 Å². The van der Waals surface area contributed by atoms with Crippen LogP contribution >= 0.6 is 0 Å². The number of aromatic nitrogens is 1. The molecule has 0 atom stereocenters. The topological polar surface area (TPSA) is 71.6 Å². The first-order chi connectivity index (χ1) is 15.5. The third-order valence-corrected chi connectivity index (χ3v) is 5.35. The number of amides is 1. The zero-order valence-electron chi connectivity index (χ0n) is 18.2. The molecular formula is C26H24N2O4. The largest absolute Gasteiger partial charge is 0.493 e. The molecule has 0 aliphatic rings. The van der Waals surface area contributed by atoms with E-state index >= 15 is 0 Å². The molecule has 1 aromatic heterocycles. The number of fused-ring (bicyclic) bond motifs is 1. The summed E-state index contributed by atoms with van der Waals surface area (Å²) >= 11 is 0. The Morgan fingerprint density at radius 2 is 1.69 bits per heavy atom. The number of aromatic amines is 1. The SMILES string of the molecule is COc1ccc(C(=O)N(Cc2cc3ccccc3[nH]c2=O)c2cccc(C)c2)cc1OC. The van der Waals surface area contributed by atoms with Crippen LogP contribution in [0.3, 0.4) is 0 Å². The summed E-state index contributed by atoms with van der Waals surface area (Å²) in [5.41, 5.74) is 3.19. The summed E-state index contributed by atoms with van der Waals surface area (Å²) in [5.74, 6) is 0.757. The molecule has 0 aliphatic heterocycles. The Bertz CT molecular complexity index is 1340. The summed E-state index contributed by atoms with van der Waals surface area (Å²) < 4.78 is 10.7. The first-order valence-electron chi connectivity index (χ1n) is 10.2.